The zero-order chi connectivity index (χ0) is 12.8. The van der Waals surface area contributed by atoms with E-state index in [0.29, 0.717) is 5.56 Å². The Morgan fingerprint density at radius 2 is 1.71 bits per heavy atom. The first-order valence-corrected chi connectivity index (χ1v) is 5.01. The third kappa shape index (κ3) is 4.45. The summed E-state index contributed by atoms with van der Waals surface area (Å²) in [6.07, 6.45) is 0.110. The molecule has 0 saturated carbocycles. The zero-order valence-electron chi connectivity index (χ0n) is 8.98. The van der Waals surface area contributed by atoms with Gasteiger partial charge in [0, 0.05) is 16.3 Å². The molecule has 0 fully saturated rings. The van der Waals surface area contributed by atoms with Gasteiger partial charge in [0.15, 0.2) is 0 Å². The van der Waals surface area contributed by atoms with Gasteiger partial charge in [-0.05, 0) is 17.7 Å². The summed E-state index contributed by atoms with van der Waals surface area (Å²) in [6.45, 7) is -0.655. The van der Waals surface area contributed by atoms with Crippen molar-refractivity contribution in [3.63, 3.8) is 0 Å². The third-order valence-electron chi connectivity index (χ3n) is 2.39. The van der Waals surface area contributed by atoms with E-state index in [4.69, 9.17) is 5.11 Å². The van der Waals surface area contributed by atoms with Crippen molar-refractivity contribution in [3.8, 4) is 5.75 Å². The van der Waals surface area contributed by atoms with Crippen LogP contribution < -0.4 is 0 Å². The van der Waals surface area contributed by atoms with Crippen molar-refractivity contribution in [3.05, 3.63) is 50.1 Å². The summed E-state index contributed by atoms with van der Waals surface area (Å²) in [4.78, 5) is 19.8. The molecule has 1 rings (SSSR count). The molecule has 0 heterocycles. The normalized spacial score (nSPS) is 12.0. The van der Waals surface area contributed by atoms with Crippen LogP contribution in [0.4, 0.5) is 0 Å². The lowest BCUT2D eigenvalue weighted by atomic mass is 9.96. The first kappa shape index (κ1) is 12.9. The summed E-state index contributed by atoms with van der Waals surface area (Å²) in [6, 6.07) is 5.91. The Morgan fingerprint density at radius 1 is 1.12 bits per heavy atom. The Labute approximate surface area is 97.0 Å². The molecule has 7 nitrogen and oxygen atoms in total. The molecule has 1 N–H and O–H groups in total. The van der Waals surface area contributed by atoms with E-state index < -0.39 is 15.8 Å². The molecule has 0 aliphatic rings. The molecule has 17 heavy (non-hydrogen) atoms. The quantitative estimate of drug-likeness (QED) is 0.597. The number of phenols is 1. The first-order chi connectivity index (χ1) is 7.99. The molecule has 1 atom stereocenters. The van der Waals surface area contributed by atoms with Gasteiger partial charge in [-0.15, -0.1) is 0 Å². The van der Waals surface area contributed by atoms with E-state index in [1.165, 1.54) is 12.1 Å². The van der Waals surface area contributed by atoms with E-state index in [1.807, 2.05) is 0 Å². The highest BCUT2D eigenvalue weighted by molar-refractivity contribution is 5.28. The summed E-state index contributed by atoms with van der Waals surface area (Å²) in [5.74, 6) is -0.445. The largest absolute Gasteiger partial charge is 0.508 e. The maximum absolute atomic E-state index is 10.5. The van der Waals surface area contributed by atoms with Crippen molar-refractivity contribution in [1.29, 1.82) is 0 Å². The van der Waals surface area contributed by atoms with Gasteiger partial charge in [0.25, 0.3) is 0 Å². The minimum Gasteiger partial charge on any atom is -0.508 e. The minimum absolute atomic E-state index is 0.0582. The lowest BCUT2D eigenvalue weighted by Gasteiger charge is -2.10. The number of rotatable bonds is 6. The van der Waals surface area contributed by atoms with Crippen LogP contribution in [0, 0.1) is 20.2 Å². The van der Waals surface area contributed by atoms with Crippen LogP contribution >= 0.6 is 0 Å². The Hall–Kier alpha value is -2.18. The maximum atomic E-state index is 10.5. The number of nitrogens with zero attached hydrogens (tertiary/aromatic N) is 2. The molecular formula is C10H12N2O5. The van der Waals surface area contributed by atoms with Crippen LogP contribution in [0.1, 0.15) is 17.9 Å². The molecule has 0 aromatic heterocycles. The van der Waals surface area contributed by atoms with Gasteiger partial charge in [0.2, 0.25) is 13.1 Å². The molecule has 92 valence electrons. The fourth-order valence-corrected chi connectivity index (χ4v) is 1.55. The van der Waals surface area contributed by atoms with Crippen molar-refractivity contribution in [2.24, 2.45) is 0 Å². The van der Waals surface area contributed by atoms with E-state index in [1.54, 1.807) is 12.1 Å². The summed E-state index contributed by atoms with van der Waals surface area (Å²) < 4.78 is 0. The molecule has 0 spiro atoms. The van der Waals surface area contributed by atoms with Crippen molar-refractivity contribution in [2.45, 2.75) is 12.3 Å². The van der Waals surface area contributed by atoms with Gasteiger partial charge in [-0.1, -0.05) is 12.1 Å². The fourth-order valence-electron chi connectivity index (χ4n) is 1.55. The molecule has 0 bridgehead atoms. The van der Waals surface area contributed by atoms with Crippen molar-refractivity contribution in [2.75, 3.05) is 13.1 Å². The molecule has 0 radical (unpaired) electrons. The van der Waals surface area contributed by atoms with Crippen molar-refractivity contribution < 1.29 is 15.0 Å². The first-order valence-electron chi connectivity index (χ1n) is 5.01. The Morgan fingerprint density at radius 3 is 2.18 bits per heavy atom. The van der Waals surface area contributed by atoms with Crippen molar-refractivity contribution in [1.82, 2.24) is 0 Å². The predicted octanol–water partition coefficient (Wildman–Crippen LogP) is 1.42. The summed E-state index contributed by atoms with van der Waals surface area (Å²) >= 11 is 0. The van der Waals surface area contributed by atoms with Crippen LogP contribution in [0.3, 0.4) is 0 Å². The zero-order valence-corrected chi connectivity index (χ0v) is 8.98. The van der Waals surface area contributed by atoms with Crippen LogP contribution in [0.25, 0.3) is 0 Å². The fraction of sp³-hybridized carbons (Fsp3) is 0.400. The van der Waals surface area contributed by atoms with E-state index in [-0.39, 0.29) is 25.3 Å². The second-order valence-corrected chi connectivity index (χ2v) is 3.65. The summed E-state index contributed by atoms with van der Waals surface area (Å²) in [7, 11) is 0. The van der Waals surface area contributed by atoms with Crippen LogP contribution in [-0.4, -0.2) is 28.0 Å². The molecule has 0 aliphatic carbocycles. The summed E-state index contributed by atoms with van der Waals surface area (Å²) in [5.41, 5.74) is 0.626. The molecule has 7 heteroatoms. The van der Waals surface area contributed by atoms with Gasteiger partial charge in [-0.3, -0.25) is 20.2 Å². The standard InChI is InChI=1S/C10H12N2O5/c13-10-3-1-8(2-4-10)9(7-12(16)17)5-6-11(14)15/h1-4,9,13H,5-7H2. The van der Waals surface area contributed by atoms with Crippen LogP contribution in [-0.2, 0) is 0 Å². The Kier molecular flexibility index (Phi) is 4.38. The highest BCUT2D eigenvalue weighted by Gasteiger charge is 2.20. The van der Waals surface area contributed by atoms with Crippen LogP contribution in [0.15, 0.2) is 24.3 Å². The van der Waals surface area contributed by atoms with Gasteiger partial charge in [0.05, 0.1) is 5.92 Å². The molecule has 0 aliphatic heterocycles. The lowest BCUT2D eigenvalue weighted by Crippen LogP contribution is -2.16. The number of aromatic hydroxyl groups is 1. The number of hydrogen-bond acceptors (Lipinski definition) is 5. The molecule has 0 saturated heterocycles. The Balaban J connectivity index is 2.77. The smallest absolute Gasteiger partial charge is 0.210 e. The van der Waals surface area contributed by atoms with E-state index in [9.17, 15) is 20.2 Å². The highest BCUT2D eigenvalue weighted by atomic mass is 16.6. The second kappa shape index (κ2) is 5.78. The van der Waals surface area contributed by atoms with E-state index in [0.717, 1.165) is 0 Å². The molecular weight excluding hydrogens is 228 g/mol. The molecule has 1 aromatic rings. The number of hydrogen-bond donors (Lipinski definition) is 1. The lowest BCUT2D eigenvalue weighted by molar-refractivity contribution is -0.495. The number of phenolic OH excluding ortho intramolecular Hbond substituents is 1. The molecule has 0 amide bonds. The van der Waals surface area contributed by atoms with Gasteiger partial charge in [-0.25, -0.2) is 0 Å². The highest BCUT2D eigenvalue weighted by Crippen LogP contribution is 2.22. The maximum Gasteiger partial charge on any atom is 0.210 e. The minimum atomic E-state index is -0.504. The van der Waals surface area contributed by atoms with Crippen LogP contribution in [0.5, 0.6) is 5.75 Å². The predicted molar refractivity (Wildman–Crippen MR) is 59.2 cm³/mol. The molecule has 1 aromatic carbocycles. The van der Waals surface area contributed by atoms with Crippen LogP contribution in [0.2, 0.25) is 0 Å². The monoisotopic (exact) mass is 240 g/mol. The Bertz CT molecular complexity index is 404. The van der Waals surface area contributed by atoms with Gasteiger partial charge in [-0.2, -0.15) is 0 Å². The van der Waals surface area contributed by atoms with Gasteiger partial charge in [0.1, 0.15) is 5.75 Å². The second-order valence-electron chi connectivity index (χ2n) is 3.65. The number of benzene rings is 1. The third-order valence-corrected chi connectivity index (χ3v) is 2.39. The molecule has 1 unspecified atom stereocenters. The van der Waals surface area contributed by atoms with Gasteiger partial charge < -0.3 is 5.11 Å². The SMILES string of the molecule is O=[N+]([O-])CCC(C[N+](=O)[O-])c1ccc(O)cc1. The van der Waals surface area contributed by atoms with E-state index in [2.05, 4.69) is 0 Å². The average Bonchev–Trinajstić information content (AvgIpc) is 2.25. The van der Waals surface area contributed by atoms with E-state index >= 15 is 0 Å². The van der Waals surface area contributed by atoms with Crippen molar-refractivity contribution >= 4 is 0 Å². The topological polar surface area (TPSA) is 107 Å². The number of nitro groups is 2. The average molecular weight is 240 g/mol. The van der Waals surface area contributed by atoms with Gasteiger partial charge >= 0.3 is 0 Å². The summed E-state index contributed by atoms with van der Waals surface area (Å²) in [5, 5.41) is 29.8.